The molecule has 1 atom stereocenters. The Kier molecular flexibility index (Phi) is 4.43. The van der Waals surface area contributed by atoms with Crippen LogP contribution in [0, 0.1) is 0 Å². The summed E-state index contributed by atoms with van der Waals surface area (Å²) in [6.45, 7) is 0. The number of carboxylic acids is 1. The number of rotatable bonds is 1. The fourth-order valence-electron chi connectivity index (χ4n) is 0.526. The topological polar surface area (TPSA) is 46.5 Å². The Balaban J connectivity index is 0.000000810. The number of hydrogen-bond acceptors (Lipinski definition) is 2. The van der Waals surface area contributed by atoms with Gasteiger partial charge in [-0.05, 0) is 12.2 Å². The summed E-state index contributed by atoms with van der Waals surface area (Å²) in [4.78, 5) is 10.1. The van der Waals surface area contributed by atoms with Gasteiger partial charge in [0.15, 0.2) is 0 Å². The Morgan fingerprint density at radius 2 is 2.20 bits per heavy atom. The van der Waals surface area contributed by atoms with Crippen LogP contribution in [0.1, 0.15) is 0 Å². The van der Waals surface area contributed by atoms with E-state index in [1.807, 2.05) is 0 Å². The average molecular weight is 149 g/mol. The molecule has 1 heterocycles. The third-order valence-corrected chi connectivity index (χ3v) is 0.944. The fraction of sp³-hybridized carbons (Fsp3) is 0.167. The van der Waals surface area contributed by atoms with Crippen molar-refractivity contribution in [3.63, 3.8) is 0 Å². The van der Waals surface area contributed by atoms with Gasteiger partial charge in [0.2, 0.25) is 6.10 Å². The van der Waals surface area contributed by atoms with E-state index in [1.165, 1.54) is 12.3 Å². The minimum Gasteiger partial charge on any atom is -0.482 e. The molecule has 1 aliphatic rings. The van der Waals surface area contributed by atoms with Gasteiger partial charge in [-0.1, -0.05) is 6.08 Å². The number of carboxylic acid groups (broad SMARTS) is 1. The second-order valence-corrected chi connectivity index (χ2v) is 1.61. The molecular weight excluding hydrogens is 143 g/mol. The Labute approximate surface area is 80.7 Å². The van der Waals surface area contributed by atoms with Crippen LogP contribution in [0.5, 0.6) is 0 Å². The molecule has 0 aromatic heterocycles. The molecule has 0 bridgehead atoms. The van der Waals surface area contributed by atoms with Crippen molar-refractivity contribution in [3.8, 4) is 0 Å². The number of hydrogen-bond donors (Lipinski definition) is 1. The van der Waals surface area contributed by atoms with Crippen molar-refractivity contribution in [1.82, 2.24) is 0 Å². The van der Waals surface area contributed by atoms with E-state index in [0.717, 1.165) is 0 Å². The molecule has 0 amide bonds. The first-order chi connectivity index (χ1) is 4.30. The van der Waals surface area contributed by atoms with Crippen LogP contribution in [0.3, 0.4) is 0 Å². The van der Waals surface area contributed by atoms with E-state index < -0.39 is 12.1 Å². The maximum Gasteiger partial charge on any atom is 0.349 e. The zero-order valence-electron chi connectivity index (χ0n) is 5.65. The van der Waals surface area contributed by atoms with Crippen LogP contribution in [-0.2, 0) is 9.53 Å². The van der Waals surface area contributed by atoms with Crippen LogP contribution in [0.4, 0.5) is 0 Å². The van der Waals surface area contributed by atoms with Crippen molar-refractivity contribution in [1.29, 1.82) is 0 Å². The molecule has 1 N–H and O–H groups in total. The average Bonchev–Trinajstić information content (AvgIpc) is 1.90. The molecule has 0 aromatic rings. The van der Waals surface area contributed by atoms with Crippen LogP contribution >= 0.6 is 0 Å². The van der Waals surface area contributed by atoms with E-state index in [2.05, 4.69) is 4.74 Å². The molecule has 3 nitrogen and oxygen atoms in total. The van der Waals surface area contributed by atoms with Gasteiger partial charge in [0.1, 0.15) is 0 Å². The van der Waals surface area contributed by atoms with Gasteiger partial charge in [0.05, 0.1) is 6.26 Å². The normalized spacial score (nSPS) is 21.0. The van der Waals surface area contributed by atoms with Crippen molar-refractivity contribution in [3.05, 3.63) is 24.5 Å². The molecule has 1 radical (unpaired) electrons. The van der Waals surface area contributed by atoms with Gasteiger partial charge >= 0.3 is 5.97 Å². The first kappa shape index (κ1) is 9.75. The molecule has 0 spiro atoms. The van der Waals surface area contributed by atoms with Crippen molar-refractivity contribution in [2.24, 2.45) is 0 Å². The summed E-state index contributed by atoms with van der Waals surface area (Å²) in [7, 11) is 0. The van der Waals surface area contributed by atoms with Crippen LogP contribution in [0.15, 0.2) is 24.5 Å². The van der Waals surface area contributed by atoms with Gasteiger partial charge in [-0.15, -0.1) is 0 Å². The summed E-state index contributed by atoms with van der Waals surface area (Å²) in [5.41, 5.74) is 0. The van der Waals surface area contributed by atoms with E-state index >= 15 is 0 Å². The van der Waals surface area contributed by atoms with Crippen molar-refractivity contribution in [2.75, 3.05) is 0 Å². The van der Waals surface area contributed by atoms with Crippen LogP contribution in [-0.4, -0.2) is 46.7 Å². The minimum absolute atomic E-state index is 0. The minimum atomic E-state index is -0.962. The van der Waals surface area contributed by atoms with E-state index in [-0.39, 0.29) is 29.6 Å². The molecule has 1 unspecified atom stereocenters. The third-order valence-electron chi connectivity index (χ3n) is 0.944. The summed E-state index contributed by atoms with van der Waals surface area (Å²) < 4.78 is 4.67. The second-order valence-electron chi connectivity index (χ2n) is 1.61. The molecule has 1 rings (SSSR count). The maximum atomic E-state index is 10.1. The number of ether oxygens (including phenoxy) is 1. The molecular formula is C6H6NaO3. The van der Waals surface area contributed by atoms with Gasteiger partial charge in [-0.3, -0.25) is 0 Å². The van der Waals surface area contributed by atoms with Gasteiger partial charge in [0, 0.05) is 29.6 Å². The van der Waals surface area contributed by atoms with E-state index in [1.54, 1.807) is 12.2 Å². The predicted molar refractivity (Wildman–Crippen MR) is 36.5 cm³/mol. The Bertz CT molecular complexity index is 174. The van der Waals surface area contributed by atoms with Crippen molar-refractivity contribution in [2.45, 2.75) is 6.10 Å². The fourth-order valence-corrected chi connectivity index (χ4v) is 0.526. The molecule has 0 saturated heterocycles. The van der Waals surface area contributed by atoms with Gasteiger partial charge < -0.3 is 9.84 Å². The van der Waals surface area contributed by atoms with Crippen molar-refractivity contribution < 1.29 is 14.6 Å². The van der Waals surface area contributed by atoms with Crippen LogP contribution in [0.2, 0.25) is 0 Å². The largest absolute Gasteiger partial charge is 0.482 e. The van der Waals surface area contributed by atoms with E-state index in [4.69, 9.17) is 5.11 Å². The predicted octanol–water partition coefficient (Wildman–Crippen LogP) is 0.159. The van der Waals surface area contributed by atoms with Crippen LogP contribution in [0.25, 0.3) is 0 Å². The summed E-state index contributed by atoms with van der Waals surface area (Å²) in [5.74, 6) is -0.962. The molecule has 0 aromatic carbocycles. The zero-order chi connectivity index (χ0) is 6.69. The van der Waals surface area contributed by atoms with Crippen LogP contribution < -0.4 is 0 Å². The standard InChI is InChI=1S/C6H6O3.Na/c7-6(8)5-3-1-2-4-9-5;/h1-5H,(H,7,8);. The number of aliphatic carboxylic acids is 1. The summed E-state index contributed by atoms with van der Waals surface area (Å²) in [5, 5.41) is 8.33. The number of allylic oxidation sites excluding steroid dienone is 2. The van der Waals surface area contributed by atoms with Crippen molar-refractivity contribution >= 4 is 35.5 Å². The Hall–Kier alpha value is -0.250. The maximum absolute atomic E-state index is 10.1. The van der Waals surface area contributed by atoms with Gasteiger partial charge in [0.25, 0.3) is 0 Å². The smallest absolute Gasteiger partial charge is 0.349 e. The second kappa shape index (κ2) is 4.55. The molecule has 0 fully saturated rings. The SMILES string of the molecule is O=C(O)C1C=CC=CO1.[Na]. The number of carbonyl (C=O) groups is 1. The van der Waals surface area contributed by atoms with E-state index in [0.29, 0.717) is 0 Å². The molecule has 49 valence electrons. The van der Waals surface area contributed by atoms with Gasteiger partial charge in [-0.2, -0.15) is 0 Å². The Morgan fingerprint density at radius 1 is 1.50 bits per heavy atom. The van der Waals surface area contributed by atoms with E-state index in [9.17, 15) is 4.79 Å². The molecule has 10 heavy (non-hydrogen) atoms. The Morgan fingerprint density at radius 3 is 2.50 bits per heavy atom. The first-order valence-corrected chi connectivity index (χ1v) is 2.52. The molecule has 1 aliphatic heterocycles. The monoisotopic (exact) mass is 149 g/mol. The quantitative estimate of drug-likeness (QED) is 0.540. The zero-order valence-corrected chi connectivity index (χ0v) is 7.65. The van der Waals surface area contributed by atoms with Gasteiger partial charge in [-0.25, -0.2) is 4.79 Å². The molecule has 4 heteroatoms. The third kappa shape index (κ3) is 2.56. The molecule has 0 saturated carbocycles. The summed E-state index contributed by atoms with van der Waals surface area (Å²) >= 11 is 0. The molecule has 0 aliphatic carbocycles. The summed E-state index contributed by atoms with van der Waals surface area (Å²) in [6, 6.07) is 0. The first-order valence-electron chi connectivity index (χ1n) is 2.52. The summed E-state index contributed by atoms with van der Waals surface area (Å²) in [6.07, 6.45) is 5.32.